The fourth-order valence-corrected chi connectivity index (χ4v) is 7.38. The molecule has 4 nitrogen and oxygen atoms in total. The van der Waals surface area contributed by atoms with Gasteiger partial charge in [0, 0.05) is 17.8 Å². The largest absolute Gasteiger partial charge is 1.00 e. The van der Waals surface area contributed by atoms with Gasteiger partial charge in [-0.1, -0.05) is 84.9 Å². The third-order valence-electron chi connectivity index (χ3n) is 9.07. The van der Waals surface area contributed by atoms with Gasteiger partial charge in [-0.3, -0.25) is 0 Å². The van der Waals surface area contributed by atoms with Crippen molar-refractivity contribution in [2.75, 3.05) is 0 Å². The standard InChI is InChI=1S/C38H23N3O.Li/c42-36-16-15-25(30-8-5-18-40-37(30)36)23-11-13-28-26-6-1-3-9-31(26)38(33(28)20-23)32-10-4-2-7-27(32)29-14-12-24(21-34(29)38)35-17-19-39-22-41-35;/h1-22,42H;/q;+1. The Kier molecular flexibility index (Phi) is 5.68. The molecule has 2 heterocycles. The molecule has 43 heavy (non-hydrogen) atoms. The summed E-state index contributed by atoms with van der Waals surface area (Å²) in [4.78, 5) is 11.9. The zero-order valence-corrected chi connectivity index (χ0v) is 23.5. The summed E-state index contributed by atoms with van der Waals surface area (Å²) in [6.45, 7) is 0. The van der Waals surface area contributed by atoms with E-state index in [1.54, 1.807) is 18.6 Å². The van der Waals surface area contributed by atoms with E-state index in [1.165, 1.54) is 44.5 Å². The molecule has 2 aliphatic carbocycles. The minimum Gasteiger partial charge on any atom is -0.868 e. The van der Waals surface area contributed by atoms with Gasteiger partial charge in [0.2, 0.25) is 5.52 Å². The van der Waals surface area contributed by atoms with Crippen LogP contribution in [0.3, 0.4) is 0 Å². The van der Waals surface area contributed by atoms with Gasteiger partial charge in [-0.2, -0.15) is 0 Å². The summed E-state index contributed by atoms with van der Waals surface area (Å²) in [5, 5.41) is 13.6. The SMILES string of the molecule is [Li+].[O-]c1ccc(-c2ccc3c(c2)C2(c4ccccc4-c4ccc(-c5ccncn5)cc42)c2ccccc2-3)c2ccc[nH+]c12. The molecule has 0 saturated carbocycles. The van der Waals surface area contributed by atoms with Crippen LogP contribution in [0.1, 0.15) is 22.3 Å². The molecule has 2 aromatic heterocycles. The van der Waals surface area contributed by atoms with Crippen LogP contribution in [0.15, 0.2) is 134 Å². The second-order valence-corrected chi connectivity index (χ2v) is 11.0. The minimum atomic E-state index is -0.489. The molecule has 5 aromatic carbocycles. The topological polar surface area (TPSA) is 63.0 Å². The van der Waals surface area contributed by atoms with Crippen molar-refractivity contribution in [2.45, 2.75) is 5.41 Å². The van der Waals surface area contributed by atoms with Crippen molar-refractivity contribution < 1.29 is 29.0 Å². The Hall–Kier alpha value is -5.01. The number of hydrogen-bond acceptors (Lipinski definition) is 3. The predicted octanol–water partition coefficient (Wildman–Crippen LogP) is 4.20. The predicted molar refractivity (Wildman–Crippen MR) is 163 cm³/mol. The van der Waals surface area contributed by atoms with Crippen LogP contribution in [0.4, 0.5) is 0 Å². The normalized spacial score (nSPS) is 15.4. The van der Waals surface area contributed by atoms with Gasteiger partial charge in [-0.15, -0.1) is 0 Å². The molecule has 5 heteroatoms. The van der Waals surface area contributed by atoms with Crippen molar-refractivity contribution in [1.82, 2.24) is 9.97 Å². The summed E-state index contributed by atoms with van der Waals surface area (Å²) >= 11 is 0. The van der Waals surface area contributed by atoms with Gasteiger partial charge < -0.3 is 5.11 Å². The Morgan fingerprint density at radius 3 is 1.91 bits per heavy atom. The average molecular weight is 545 g/mol. The van der Waals surface area contributed by atoms with E-state index in [9.17, 15) is 5.11 Å². The molecular weight excluding hydrogens is 521 g/mol. The van der Waals surface area contributed by atoms with Crippen molar-refractivity contribution in [3.8, 4) is 50.4 Å². The first kappa shape index (κ1) is 25.7. The number of H-pyrrole nitrogens is 1. The molecule has 196 valence electrons. The van der Waals surface area contributed by atoms with Crippen LogP contribution < -0.4 is 29.0 Å². The smallest absolute Gasteiger partial charge is 0.868 e. The number of fused-ring (bicyclic) bond motifs is 11. The van der Waals surface area contributed by atoms with Gasteiger partial charge in [0.1, 0.15) is 6.33 Å². The Morgan fingerprint density at radius 1 is 0.581 bits per heavy atom. The molecule has 0 saturated heterocycles. The molecular formula is C38H23LiN3O+. The van der Waals surface area contributed by atoms with Crippen LogP contribution in [0, 0.1) is 0 Å². The van der Waals surface area contributed by atoms with Crippen molar-refractivity contribution in [1.29, 1.82) is 0 Å². The van der Waals surface area contributed by atoms with E-state index in [2.05, 4.69) is 99.9 Å². The van der Waals surface area contributed by atoms with Gasteiger partial charge in [0.25, 0.3) is 0 Å². The fourth-order valence-electron chi connectivity index (χ4n) is 7.38. The molecule has 0 amide bonds. The number of pyridine rings is 1. The van der Waals surface area contributed by atoms with Crippen LogP contribution in [-0.4, -0.2) is 9.97 Å². The Labute approximate surface area is 261 Å². The monoisotopic (exact) mass is 544 g/mol. The quantitative estimate of drug-likeness (QED) is 0.307. The van der Waals surface area contributed by atoms with Crippen LogP contribution in [0.5, 0.6) is 5.75 Å². The Balaban J connectivity index is 0.00000278. The number of hydrogen-bond donors (Lipinski definition) is 0. The molecule has 0 radical (unpaired) electrons. The summed E-state index contributed by atoms with van der Waals surface area (Å²) in [5.41, 5.74) is 14.3. The minimum absolute atomic E-state index is 0. The summed E-state index contributed by atoms with van der Waals surface area (Å²) in [5.74, 6) is -0.00437. The number of aromatic amines is 1. The fraction of sp³-hybridized carbons (Fsp3) is 0.0263. The number of nitrogens with one attached hydrogen (secondary N) is 1. The number of benzene rings is 5. The number of aromatic nitrogens is 3. The first-order valence-electron chi connectivity index (χ1n) is 14.1. The molecule has 1 spiro atoms. The van der Waals surface area contributed by atoms with Gasteiger partial charge in [-0.25, -0.2) is 15.0 Å². The summed E-state index contributed by atoms with van der Waals surface area (Å²) < 4.78 is 0. The Morgan fingerprint density at radius 2 is 1.21 bits per heavy atom. The second kappa shape index (κ2) is 9.51. The maximum atomic E-state index is 12.7. The van der Waals surface area contributed by atoms with E-state index in [-0.39, 0.29) is 24.6 Å². The third kappa shape index (κ3) is 3.42. The summed E-state index contributed by atoms with van der Waals surface area (Å²) in [7, 11) is 0. The van der Waals surface area contributed by atoms with Crippen LogP contribution >= 0.6 is 0 Å². The molecule has 7 aromatic rings. The maximum absolute atomic E-state index is 12.7. The summed E-state index contributed by atoms with van der Waals surface area (Å²) in [6.07, 6.45) is 5.21. The molecule has 1 unspecified atom stereocenters. The maximum Gasteiger partial charge on any atom is 1.00 e. The van der Waals surface area contributed by atoms with Gasteiger partial charge >= 0.3 is 18.9 Å². The van der Waals surface area contributed by atoms with E-state index in [0.717, 1.165) is 27.8 Å². The van der Waals surface area contributed by atoms with E-state index in [0.29, 0.717) is 5.52 Å². The summed E-state index contributed by atoms with van der Waals surface area (Å²) in [6, 6.07) is 40.7. The first-order chi connectivity index (χ1) is 20.7. The van der Waals surface area contributed by atoms with Crippen LogP contribution in [0.25, 0.3) is 55.5 Å². The van der Waals surface area contributed by atoms with Gasteiger partial charge in [0.15, 0.2) is 6.20 Å². The number of nitrogens with zero attached hydrogens (tertiary/aromatic N) is 2. The van der Waals surface area contributed by atoms with Crippen molar-refractivity contribution in [3.63, 3.8) is 0 Å². The van der Waals surface area contributed by atoms with Crippen LogP contribution in [0.2, 0.25) is 0 Å². The van der Waals surface area contributed by atoms with E-state index in [4.69, 9.17) is 0 Å². The van der Waals surface area contributed by atoms with Crippen LogP contribution in [-0.2, 0) is 5.41 Å². The van der Waals surface area contributed by atoms with Crippen molar-refractivity contribution in [3.05, 3.63) is 156 Å². The van der Waals surface area contributed by atoms with Gasteiger partial charge in [-0.05, 0) is 85.6 Å². The first-order valence-corrected chi connectivity index (χ1v) is 14.1. The average Bonchev–Trinajstić information content (AvgIpc) is 3.52. The second-order valence-electron chi connectivity index (χ2n) is 11.0. The number of rotatable bonds is 2. The van der Waals surface area contributed by atoms with E-state index >= 15 is 0 Å². The molecule has 0 aliphatic heterocycles. The molecule has 1 atom stereocenters. The van der Waals surface area contributed by atoms with Crippen molar-refractivity contribution >= 4 is 10.9 Å². The molecule has 9 rings (SSSR count). The zero-order valence-electron chi connectivity index (χ0n) is 23.5. The molecule has 1 N–H and O–H groups in total. The molecule has 0 fully saturated rings. The third-order valence-corrected chi connectivity index (χ3v) is 9.07. The zero-order chi connectivity index (χ0) is 27.8. The molecule has 0 bridgehead atoms. The van der Waals surface area contributed by atoms with E-state index in [1.807, 2.05) is 30.5 Å². The van der Waals surface area contributed by atoms with Crippen molar-refractivity contribution in [2.24, 2.45) is 0 Å². The van der Waals surface area contributed by atoms with E-state index < -0.39 is 5.41 Å². The Bertz CT molecular complexity index is 2220. The molecule has 2 aliphatic rings. The van der Waals surface area contributed by atoms with Gasteiger partial charge in [0.05, 0.1) is 16.5 Å².